The number of aromatic nitrogens is 2. The van der Waals surface area contributed by atoms with E-state index in [2.05, 4.69) is 34.9 Å². The third-order valence-corrected chi connectivity index (χ3v) is 1.83. The highest BCUT2D eigenvalue weighted by molar-refractivity contribution is 5.35. The van der Waals surface area contributed by atoms with Crippen LogP contribution in [-0.4, -0.2) is 23.1 Å². The zero-order valence-corrected chi connectivity index (χ0v) is 8.32. The molecular formula is C10H16N3. The van der Waals surface area contributed by atoms with Crippen LogP contribution in [0.2, 0.25) is 0 Å². The molecule has 0 fully saturated rings. The van der Waals surface area contributed by atoms with Crippen molar-refractivity contribution in [3.8, 4) is 0 Å². The minimum absolute atomic E-state index is 0.985. The lowest BCUT2D eigenvalue weighted by Gasteiger charge is -2.21. The van der Waals surface area contributed by atoms with E-state index in [0.717, 1.165) is 31.7 Å². The molecule has 0 aromatic carbocycles. The largest absolute Gasteiger partial charge is 0.357 e. The van der Waals surface area contributed by atoms with Crippen LogP contribution in [0.5, 0.6) is 0 Å². The van der Waals surface area contributed by atoms with Crippen molar-refractivity contribution in [1.82, 2.24) is 9.97 Å². The van der Waals surface area contributed by atoms with Gasteiger partial charge >= 0.3 is 0 Å². The number of anilines is 1. The van der Waals surface area contributed by atoms with Gasteiger partial charge in [0.2, 0.25) is 0 Å². The van der Waals surface area contributed by atoms with Crippen LogP contribution < -0.4 is 4.90 Å². The maximum atomic E-state index is 4.20. The fourth-order valence-corrected chi connectivity index (χ4v) is 1.31. The molecule has 0 aliphatic heterocycles. The first-order chi connectivity index (χ1) is 6.38. The Balaban J connectivity index is 2.64. The molecule has 0 aliphatic carbocycles. The second kappa shape index (κ2) is 5.51. The third kappa shape index (κ3) is 3.01. The Kier molecular flexibility index (Phi) is 4.23. The van der Waals surface area contributed by atoms with Gasteiger partial charge in [0.1, 0.15) is 12.1 Å². The first-order valence-electron chi connectivity index (χ1n) is 4.81. The summed E-state index contributed by atoms with van der Waals surface area (Å²) in [6, 6.07) is 1.84. The van der Waals surface area contributed by atoms with Crippen molar-refractivity contribution in [3.63, 3.8) is 0 Å². The van der Waals surface area contributed by atoms with E-state index in [-0.39, 0.29) is 0 Å². The molecule has 71 valence electrons. The van der Waals surface area contributed by atoms with Crippen LogP contribution >= 0.6 is 0 Å². The van der Waals surface area contributed by atoms with Gasteiger partial charge in [0.15, 0.2) is 0 Å². The molecule has 0 saturated heterocycles. The molecule has 0 aliphatic rings. The normalized spacial score (nSPS) is 10.0. The van der Waals surface area contributed by atoms with E-state index in [1.165, 1.54) is 0 Å². The smallest absolute Gasteiger partial charge is 0.132 e. The molecule has 0 saturated carbocycles. The number of rotatable bonds is 5. The zero-order valence-electron chi connectivity index (χ0n) is 8.32. The van der Waals surface area contributed by atoms with Crippen molar-refractivity contribution in [1.29, 1.82) is 0 Å². The van der Waals surface area contributed by atoms with Crippen molar-refractivity contribution in [2.45, 2.75) is 26.7 Å². The average Bonchev–Trinajstić information content (AvgIpc) is 2.19. The van der Waals surface area contributed by atoms with Gasteiger partial charge in [-0.25, -0.2) is 9.97 Å². The third-order valence-electron chi connectivity index (χ3n) is 1.83. The van der Waals surface area contributed by atoms with Gasteiger partial charge in [0.25, 0.3) is 0 Å². The standard InChI is InChI=1S/C10H16N3/c1-3-7-13(8-4-2)10-5-6-11-9-12-10/h5,9H,3-4,7-8H2,1-2H3. The number of hydrogen-bond acceptors (Lipinski definition) is 3. The molecule has 1 aromatic heterocycles. The van der Waals surface area contributed by atoms with Crippen LogP contribution in [0.1, 0.15) is 26.7 Å². The maximum absolute atomic E-state index is 4.20. The van der Waals surface area contributed by atoms with Gasteiger partial charge in [-0.2, -0.15) is 0 Å². The molecule has 1 rings (SSSR count). The van der Waals surface area contributed by atoms with Crippen LogP contribution in [0.25, 0.3) is 0 Å². The van der Waals surface area contributed by atoms with Crippen molar-refractivity contribution in [2.75, 3.05) is 18.0 Å². The predicted molar refractivity (Wildman–Crippen MR) is 53.7 cm³/mol. The van der Waals surface area contributed by atoms with Gasteiger partial charge in [0, 0.05) is 19.2 Å². The summed E-state index contributed by atoms with van der Waals surface area (Å²) in [5.74, 6) is 0.985. The number of hydrogen-bond donors (Lipinski definition) is 0. The lowest BCUT2D eigenvalue weighted by atomic mass is 10.3. The number of nitrogens with zero attached hydrogens (tertiary/aromatic N) is 3. The molecule has 0 bridgehead atoms. The van der Waals surface area contributed by atoms with Crippen molar-refractivity contribution in [3.05, 3.63) is 18.6 Å². The summed E-state index contributed by atoms with van der Waals surface area (Å²) in [6.07, 6.45) is 6.64. The Bertz CT molecular complexity index is 217. The molecule has 13 heavy (non-hydrogen) atoms. The van der Waals surface area contributed by atoms with Crippen LogP contribution in [0.3, 0.4) is 0 Å². The van der Waals surface area contributed by atoms with Crippen molar-refractivity contribution in [2.24, 2.45) is 0 Å². The SMILES string of the molecule is CCCN(CCC)c1c[c]ncn1. The quantitative estimate of drug-likeness (QED) is 0.689. The molecule has 1 radical (unpaired) electrons. The van der Waals surface area contributed by atoms with Gasteiger partial charge in [-0.1, -0.05) is 13.8 Å². The molecule has 0 spiro atoms. The van der Waals surface area contributed by atoms with E-state index in [1.54, 1.807) is 6.33 Å². The van der Waals surface area contributed by atoms with Gasteiger partial charge < -0.3 is 4.90 Å². The van der Waals surface area contributed by atoms with Crippen LogP contribution in [0.4, 0.5) is 5.82 Å². The van der Waals surface area contributed by atoms with Crippen LogP contribution in [0.15, 0.2) is 12.4 Å². The Hall–Kier alpha value is -1.12. The van der Waals surface area contributed by atoms with E-state index >= 15 is 0 Å². The molecule has 1 heterocycles. The molecule has 0 atom stereocenters. The van der Waals surface area contributed by atoms with Crippen LogP contribution in [0, 0.1) is 6.20 Å². The molecule has 0 N–H and O–H groups in total. The lowest BCUT2D eigenvalue weighted by molar-refractivity contribution is 0.732. The topological polar surface area (TPSA) is 29.0 Å². The maximum Gasteiger partial charge on any atom is 0.132 e. The fraction of sp³-hybridized carbons (Fsp3) is 0.600. The summed E-state index contributed by atoms with van der Waals surface area (Å²) in [5.41, 5.74) is 0. The lowest BCUT2D eigenvalue weighted by Crippen LogP contribution is -2.25. The van der Waals surface area contributed by atoms with E-state index < -0.39 is 0 Å². The van der Waals surface area contributed by atoms with E-state index in [0.29, 0.717) is 0 Å². The average molecular weight is 178 g/mol. The van der Waals surface area contributed by atoms with Crippen LogP contribution in [-0.2, 0) is 0 Å². The summed E-state index contributed by atoms with van der Waals surface area (Å²) >= 11 is 0. The molecular weight excluding hydrogens is 162 g/mol. The Morgan fingerprint density at radius 2 is 2.00 bits per heavy atom. The molecule has 3 heteroatoms. The Morgan fingerprint density at radius 3 is 2.46 bits per heavy atom. The monoisotopic (exact) mass is 178 g/mol. The van der Waals surface area contributed by atoms with Gasteiger partial charge in [-0.05, 0) is 12.8 Å². The minimum Gasteiger partial charge on any atom is -0.357 e. The zero-order chi connectivity index (χ0) is 9.52. The first-order valence-corrected chi connectivity index (χ1v) is 4.81. The highest BCUT2D eigenvalue weighted by Crippen LogP contribution is 2.08. The van der Waals surface area contributed by atoms with E-state index in [1.807, 2.05) is 6.07 Å². The summed E-state index contributed by atoms with van der Waals surface area (Å²) in [7, 11) is 0. The summed E-state index contributed by atoms with van der Waals surface area (Å²) in [4.78, 5) is 10.2. The van der Waals surface area contributed by atoms with E-state index in [9.17, 15) is 0 Å². The minimum atomic E-state index is 0.985. The first kappa shape index (κ1) is 9.96. The van der Waals surface area contributed by atoms with Gasteiger partial charge in [-0.15, -0.1) is 0 Å². The highest BCUT2D eigenvalue weighted by atomic mass is 15.2. The fourth-order valence-electron chi connectivity index (χ4n) is 1.31. The molecule has 1 aromatic rings. The van der Waals surface area contributed by atoms with Crippen molar-refractivity contribution >= 4 is 5.82 Å². The Morgan fingerprint density at radius 1 is 1.31 bits per heavy atom. The van der Waals surface area contributed by atoms with Crippen molar-refractivity contribution < 1.29 is 0 Å². The summed E-state index contributed by atoms with van der Waals surface area (Å²) in [6.45, 7) is 6.46. The summed E-state index contributed by atoms with van der Waals surface area (Å²) < 4.78 is 0. The summed E-state index contributed by atoms with van der Waals surface area (Å²) in [5, 5.41) is 0. The second-order valence-corrected chi connectivity index (χ2v) is 2.99. The molecule has 0 amide bonds. The Labute approximate surface area is 79.8 Å². The van der Waals surface area contributed by atoms with Gasteiger partial charge in [-0.3, -0.25) is 0 Å². The van der Waals surface area contributed by atoms with Gasteiger partial charge in [0.05, 0.1) is 6.20 Å². The molecule has 0 unspecified atom stereocenters. The predicted octanol–water partition coefficient (Wildman–Crippen LogP) is 1.90. The second-order valence-electron chi connectivity index (χ2n) is 2.99. The molecule has 3 nitrogen and oxygen atoms in total. The highest BCUT2D eigenvalue weighted by Gasteiger charge is 2.03. The van der Waals surface area contributed by atoms with E-state index in [4.69, 9.17) is 0 Å².